The number of aryl methyl sites for hydroxylation is 1. The number of carbonyl (C=O) groups excluding carboxylic acids is 1. The number of aromatic nitrogens is 3. The Hall–Kier alpha value is -1.89. The fourth-order valence-corrected chi connectivity index (χ4v) is 2.80. The van der Waals surface area contributed by atoms with Crippen LogP contribution in [0.15, 0.2) is 22.5 Å². The fourth-order valence-electron chi connectivity index (χ4n) is 2.16. The number of hydrogen-bond donors (Lipinski definition) is 3. The highest BCUT2D eigenvalue weighted by molar-refractivity contribution is 14.0. The third kappa shape index (κ3) is 9.43. The van der Waals surface area contributed by atoms with Gasteiger partial charge in [0.15, 0.2) is 11.8 Å². The average molecular weight is 535 g/mol. The number of thiophene rings is 1. The number of nitrogens with zero attached hydrogens (tertiary/aromatic N) is 4. The molecule has 0 fully saturated rings. The number of hydrogen-bond acceptors (Lipinski definition) is 6. The van der Waals surface area contributed by atoms with Gasteiger partial charge in [0.05, 0.1) is 6.54 Å². The van der Waals surface area contributed by atoms with Crippen LogP contribution >= 0.6 is 35.3 Å². The molecule has 11 heteroatoms. The fraction of sp³-hybridized carbons (Fsp3) is 0.556. The van der Waals surface area contributed by atoms with E-state index in [0.717, 1.165) is 11.6 Å². The zero-order valence-electron chi connectivity index (χ0n) is 17.5. The molecule has 2 aromatic heterocycles. The van der Waals surface area contributed by atoms with E-state index in [1.807, 2.05) is 50.8 Å². The van der Waals surface area contributed by atoms with Crippen LogP contribution in [0.2, 0.25) is 0 Å². The van der Waals surface area contributed by atoms with Gasteiger partial charge >= 0.3 is 6.09 Å². The van der Waals surface area contributed by atoms with Crippen LogP contribution in [0.1, 0.15) is 37.3 Å². The van der Waals surface area contributed by atoms with Crippen molar-refractivity contribution in [1.29, 1.82) is 0 Å². The summed E-state index contributed by atoms with van der Waals surface area (Å²) < 4.78 is 7.13. The second-order valence-corrected chi connectivity index (χ2v) is 8.21. The van der Waals surface area contributed by atoms with E-state index in [0.29, 0.717) is 32.1 Å². The van der Waals surface area contributed by atoms with Crippen molar-refractivity contribution in [1.82, 2.24) is 30.7 Å². The Labute approximate surface area is 192 Å². The van der Waals surface area contributed by atoms with Gasteiger partial charge in [-0.05, 0) is 39.1 Å². The lowest BCUT2D eigenvalue weighted by Gasteiger charge is -2.20. The smallest absolute Gasteiger partial charge is 0.407 e. The normalized spacial score (nSPS) is 11.6. The predicted octanol–water partition coefficient (Wildman–Crippen LogP) is 2.56. The average Bonchev–Trinajstić information content (AvgIpc) is 3.23. The van der Waals surface area contributed by atoms with Crippen LogP contribution in [0.4, 0.5) is 4.79 Å². The summed E-state index contributed by atoms with van der Waals surface area (Å²) in [4.78, 5) is 17.5. The van der Waals surface area contributed by atoms with Crippen LogP contribution in [0, 0.1) is 6.92 Å². The highest BCUT2D eigenvalue weighted by Gasteiger charge is 2.15. The van der Waals surface area contributed by atoms with Gasteiger partial charge < -0.3 is 25.3 Å². The molecule has 3 N–H and O–H groups in total. The minimum Gasteiger partial charge on any atom is -0.444 e. The van der Waals surface area contributed by atoms with E-state index in [4.69, 9.17) is 4.74 Å². The summed E-state index contributed by atoms with van der Waals surface area (Å²) in [5, 5.41) is 19.4. The molecule has 0 saturated heterocycles. The summed E-state index contributed by atoms with van der Waals surface area (Å²) >= 11 is 1.68. The number of guanidine groups is 1. The van der Waals surface area contributed by atoms with Crippen molar-refractivity contribution in [2.75, 3.05) is 13.1 Å². The van der Waals surface area contributed by atoms with Gasteiger partial charge in [0, 0.05) is 25.0 Å². The molecule has 0 bridgehead atoms. The molecule has 2 aromatic rings. The van der Waals surface area contributed by atoms with Crippen LogP contribution in [-0.4, -0.2) is 45.5 Å². The zero-order chi connectivity index (χ0) is 20.6. The maximum Gasteiger partial charge on any atom is 0.407 e. The first kappa shape index (κ1) is 25.1. The first-order valence-corrected chi connectivity index (χ1v) is 9.99. The van der Waals surface area contributed by atoms with Gasteiger partial charge in [-0.2, -0.15) is 0 Å². The molecule has 2 rings (SSSR count). The van der Waals surface area contributed by atoms with Gasteiger partial charge in [0.1, 0.15) is 18.0 Å². The van der Waals surface area contributed by atoms with Crippen molar-refractivity contribution in [2.45, 2.75) is 46.4 Å². The lowest BCUT2D eigenvalue weighted by Crippen LogP contribution is -2.42. The van der Waals surface area contributed by atoms with E-state index in [1.54, 1.807) is 11.3 Å². The molecule has 0 aliphatic rings. The Morgan fingerprint density at radius 2 is 1.97 bits per heavy atom. The second kappa shape index (κ2) is 12.0. The Balaban J connectivity index is 0.00000420. The van der Waals surface area contributed by atoms with Crippen molar-refractivity contribution < 1.29 is 9.53 Å². The highest BCUT2D eigenvalue weighted by Crippen LogP contribution is 2.07. The molecule has 9 nitrogen and oxygen atoms in total. The van der Waals surface area contributed by atoms with Crippen molar-refractivity contribution >= 4 is 47.4 Å². The van der Waals surface area contributed by atoms with Gasteiger partial charge in [-0.15, -0.1) is 45.5 Å². The summed E-state index contributed by atoms with van der Waals surface area (Å²) in [5.74, 6) is 2.26. The van der Waals surface area contributed by atoms with Crippen molar-refractivity contribution in [3.8, 4) is 0 Å². The summed E-state index contributed by atoms with van der Waals surface area (Å²) in [5.41, 5.74) is -0.513. The summed E-state index contributed by atoms with van der Waals surface area (Å²) in [6, 6.07) is 4.07. The molecular weight excluding hydrogens is 505 g/mol. The Kier molecular flexibility index (Phi) is 10.4. The van der Waals surface area contributed by atoms with Gasteiger partial charge in [-0.25, -0.2) is 9.79 Å². The molecule has 1 amide bonds. The molecule has 0 unspecified atom stereocenters. The Bertz CT molecular complexity index is 785. The number of carbonyl (C=O) groups is 1. The molecule has 0 aliphatic heterocycles. The first-order chi connectivity index (χ1) is 13.2. The quantitative estimate of drug-likeness (QED) is 0.218. The minimum absolute atomic E-state index is 0. The lowest BCUT2D eigenvalue weighted by atomic mass is 10.2. The molecule has 2 heterocycles. The van der Waals surface area contributed by atoms with Crippen LogP contribution in [-0.2, 0) is 24.9 Å². The van der Waals surface area contributed by atoms with E-state index in [9.17, 15) is 4.79 Å². The maximum absolute atomic E-state index is 11.7. The third-order valence-electron chi connectivity index (χ3n) is 3.66. The Morgan fingerprint density at radius 3 is 2.55 bits per heavy atom. The number of rotatable bonds is 7. The number of ether oxygens (including phenoxy) is 1. The molecule has 0 aromatic carbocycles. The van der Waals surface area contributed by atoms with Crippen molar-refractivity contribution in [3.05, 3.63) is 34.0 Å². The highest BCUT2D eigenvalue weighted by atomic mass is 127. The predicted molar refractivity (Wildman–Crippen MR) is 126 cm³/mol. The number of nitrogens with one attached hydrogen (secondary N) is 3. The van der Waals surface area contributed by atoms with Crippen molar-refractivity contribution in [2.24, 2.45) is 12.0 Å². The second-order valence-electron chi connectivity index (χ2n) is 7.18. The van der Waals surface area contributed by atoms with Gasteiger partial charge in [0.2, 0.25) is 0 Å². The SMILES string of the molecule is Cc1nnc(CN=C(NCCNC(=O)OC(C)(C)C)NCc2cccs2)n1C.I. The third-order valence-corrected chi connectivity index (χ3v) is 4.53. The number of alkyl carbamates (subject to hydrolysis) is 1. The van der Waals surface area contributed by atoms with Crippen LogP contribution in [0.5, 0.6) is 0 Å². The van der Waals surface area contributed by atoms with Gasteiger partial charge in [0.25, 0.3) is 0 Å². The van der Waals surface area contributed by atoms with E-state index >= 15 is 0 Å². The lowest BCUT2D eigenvalue weighted by molar-refractivity contribution is 0.0529. The van der Waals surface area contributed by atoms with Crippen LogP contribution in [0.3, 0.4) is 0 Å². The van der Waals surface area contributed by atoms with Gasteiger partial charge in [-0.1, -0.05) is 6.07 Å². The van der Waals surface area contributed by atoms with E-state index in [1.165, 1.54) is 4.88 Å². The largest absolute Gasteiger partial charge is 0.444 e. The van der Waals surface area contributed by atoms with E-state index in [-0.39, 0.29) is 24.0 Å². The monoisotopic (exact) mass is 535 g/mol. The zero-order valence-corrected chi connectivity index (χ0v) is 20.6. The molecule has 0 saturated carbocycles. The minimum atomic E-state index is -0.513. The summed E-state index contributed by atoms with van der Waals surface area (Å²) in [6.45, 7) is 9.38. The van der Waals surface area contributed by atoms with Crippen LogP contribution in [0.25, 0.3) is 0 Å². The molecule has 162 valence electrons. The molecule has 0 atom stereocenters. The topological polar surface area (TPSA) is 105 Å². The standard InChI is InChI=1S/C18H29N7O2S.HI/c1-13-23-24-15(25(13)5)12-22-16(21-11-14-7-6-10-28-14)19-8-9-20-17(26)27-18(2,3)4;/h6-7,10H,8-9,11-12H2,1-5H3,(H,20,26)(H2,19,21,22);1H. The molecule has 29 heavy (non-hydrogen) atoms. The molecule has 0 radical (unpaired) electrons. The molecular formula is C18H30IN7O2S. The van der Waals surface area contributed by atoms with Crippen molar-refractivity contribution in [3.63, 3.8) is 0 Å². The number of halogens is 1. The van der Waals surface area contributed by atoms with Crippen LogP contribution < -0.4 is 16.0 Å². The Morgan fingerprint density at radius 1 is 1.24 bits per heavy atom. The summed E-state index contributed by atoms with van der Waals surface area (Å²) in [7, 11) is 1.91. The number of amides is 1. The molecule has 0 aliphatic carbocycles. The maximum atomic E-state index is 11.7. The van der Waals surface area contributed by atoms with E-state index < -0.39 is 11.7 Å². The molecule has 0 spiro atoms. The first-order valence-electron chi connectivity index (χ1n) is 9.11. The number of aliphatic imine (C=N–C) groups is 1. The van der Waals surface area contributed by atoms with E-state index in [2.05, 4.69) is 37.2 Å². The summed E-state index contributed by atoms with van der Waals surface area (Å²) in [6.07, 6.45) is -0.436. The van der Waals surface area contributed by atoms with Gasteiger partial charge in [-0.3, -0.25) is 0 Å².